The Balaban J connectivity index is 1.72. The number of hydrogen-bond acceptors (Lipinski definition) is 4. The van der Waals surface area contributed by atoms with E-state index < -0.39 is 0 Å². The van der Waals surface area contributed by atoms with E-state index in [2.05, 4.69) is 31.8 Å². The van der Waals surface area contributed by atoms with E-state index in [1.54, 1.807) is 43.0 Å². The van der Waals surface area contributed by atoms with Crippen molar-refractivity contribution in [2.24, 2.45) is 0 Å². The number of nitrogens with zero attached hydrogens (tertiary/aromatic N) is 4. The molecule has 6 heteroatoms. The van der Waals surface area contributed by atoms with Crippen LogP contribution in [0.5, 0.6) is 0 Å². The van der Waals surface area contributed by atoms with Crippen molar-refractivity contribution >= 4 is 11.7 Å². The molecule has 3 rings (SSSR count). The van der Waals surface area contributed by atoms with Crippen LogP contribution in [0.1, 0.15) is 34.7 Å². The number of imidazole rings is 1. The minimum absolute atomic E-state index is 0.134. The van der Waals surface area contributed by atoms with Crippen LogP contribution in [-0.2, 0) is 0 Å². The number of pyridine rings is 2. The molecule has 6 nitrogen and oxygen atoms in total. The quantitative estimate of drug-likeness (QED) is 0.804. The highest BCUT2D eigenvalue weighted by Gasteiger charge is 2.11. The summed E-state index contributed by atoms with van der Waals surface area (Å²) in [6.45, 7) is 4.05. The maximum atomic E-state index is 12.1. The van der Waals surface area contributed by atoms with Crippen molar-refractivity contribution in [2.75, 3.05) is 5.32 Å². The SMILES string of the molecule is Cc1nccn1[C@H](C)c1ccc(NC(=O)c2ccncc2)nc1. The molecule has 0 aliphatic carbocycles. The minimum atomic E-state index is -0.203. The summed E-state index contributed by atoms with van der Waals surface area (Å²) in [4.78, 5) is 24.5. The number of hydrogen-bond donors (Lipinski definition) is 1. The molecule has 0 aliphatic rings. The summed E-state index contributed by atoms with van der Waals surface area (Å²) in [5.74, 6) is 1.27. The number of aryl methyl sites for hydroxylation is 1. The maximum absolute atomic E-state index is 12.1. The van der Waals surface area contributed by atoms with Gasteiger partial charge in [-0.2, -0.15) is 0 Å². The Kier molecular flexibility index (Phi) is 4.14. The monoisotopic (exact) mass is 307 g/mol. The highest BCUT2D eigenvalue weighted by atomic mass is 16.1. The fraction of sp³-hybridized carbons (Fsp3) is 0.176. The molecule has 0 saturated heterocycles. The number of amides is 1. The molecule has 3 aromatic heterocycles. The van der Waals surface area contributed by atoms with Crippen molar-refractivity contribution in [1.29, 1.82) is 0 Å². The Morgan fingerprint density at radius 3 is 2.52 bits per heavy atom. The Hall–Kier alpha value is -3.02. The summed E-state index contributed by atoms with van der Waals surface area (Å²) < 4.78 is 2.08. The van der Waals surface area contributed by atoms with Crippen LogP contribution in [0.2, 0.25) is 0 Å². The first kappa shape index (κ1) is 14.9. The second-order valence-corrected chi connectivity index (χ2v) is 5.22. The third-order valence-corrected chi connectivity index (χ3v) is 3.73. The van der Waals surface area contributed by atoms with Gasteiger partial charge in [0, 0.05) is 36.5 Å². The average Bonchev–Trinajstić information content (AvgIpc) is 3.02. The predicted molar refractivity (Wildman–Crippen MR) is 87.2 cm³/mol. The van der Waals surface area contributed by atoms with E-state index in [4.69, 9.17) is 0 Å². The van der Waals surface area contributed by atoms with Crippen LogP contribution in [0.25, 0.3) is 0 Å². The third kappa shape index (κ3) is 3.26. The van der Waals surface area contributed by atoms with Crippen molar-refractivity contribution in [3.8, 4) is 0 Å². The van der Waals surface area contributed by atoms with E-state index >= 15 is 0 Å². The van der Waals surface area contributed by atoms with Crippen molar-refractivity contribution in [3.05, 3.63) is 72.2 Å². The highest BCUT2D eigenvalue weighted by molar-refractivity contribution is 6.03. The average molecular weight is 307 g/mol. The molecule has 1 atom stereocenters. The van der Waals surface area contributed by atoms with Crippen LogP contribution in [0.15, 0.2) is 55.2 Å². The van der Waals surface area contributed by atoms with Crippen molar-refractivity contribution in [3.63, 3.8) is 0 Å². The maximum Gasteiger partial charge on any atom is 0.256 e. The number of nitrogens with one attached hydrogen (secondary N) is 1. The molecular formula is C17H17N5O. The molecule has 1 amide bonds. The molecule has 0 bridgehead atoms. The Morgan fingerprint density at radius 2 is 1.91 bits per heavy atom. The van der Waals surface area contributed by atoms with Gasteiger partial charge in [0.25, 0.3) is 5.91 Å². The van der Waals surface area contributed by atoms with E-state index in [0.717, 1.165) is 11.4 Å². The van der Waals surface area contributed by atoms with Gasteiger partial charge in [-0.25, -0.2) is 9.97 Å². The zero-order chi connectivity index (χ0) is 16.2. The summed E-state index contributed by atoms with van der Waals surface area (Å²) >= 11 is 0. The number of rotatable bonds is 4. The van der Waals surface area contributed by atoms with E-state index in [9.17, 15) is 4.79 Å². The van der Waals surface area contributed by atoms with Gasteiger partial charge in [-0.1, -0.05) is 6.07 Å². The van der Waals surface area contributed by atoms with Gasteiger partial charge < -0.3 is 9.88 Å². The summed E-state index contributed by atoms with van der Waals surface area (Å²) in [5, 5.41) is 2.77. The summed E-state index contributed by atoms with van der Waals surface area (Å²) in [5.41, 5.74) is 1.60. The molecule has 0 radical (unpaired) electrons. The van der Waals surface area contributed by atoms with Gasteiger partial charge in [0.1, 0.15) is 11.6 Å². The number of anilines is 1. The third-order valence-electron chi connectivity index (χ3n) is 3.73. The largest absolute Gasteiger partial charge is 0.328 e. The Labute approximate surface area is 134 Å². The van der Waals surface area contributed by atoms with Gasteiger partial charge in [0.2, 0.25) is 0 Å². The number of carbonyl (C=O) groups excluding carboxylic acids is 1. The normalized spacial score (nSPS) is 11.9. The fourth-order valence-electron chi connectivity index (χ4n) is 2.38. The van der Waals surface area contributed by atoms with E-state index in [1.165, 1.54) is 0 Å². The van der Waals surface area contributed by atoms with Gasteiger partial charge in [-0.05, 0) is 37.6 Å². The molecule has 0 aromatic carbocycles. The lowest BCUT2D eigenvalue weighted by molar-refractivity contribution is 0.102. The summed E-state index contributed by atoms with van der Waals surface area (Å²) in [7, 11) is 0. The topological polar surface area (TPSA) is 72.7 Å². The van der Waals surface area contributed by atoms with Crippen LogP contribution in [0.3, 0.4) is 0 Å². The summed E-state index contributed by atoms with van der Waals surface area (Å²) in [6.07, 6.45) is 8.66. The summed E-state index contributed by atoms with van der Waals surface area (Å²) in [6, 6.07) is 7.22. The van der Waals surface area contributed by atoms with Gasteiger partial charge in [0.15, 0.2) is 0 Å². The van der Waals surface area contributed by atoms with Gasteiger partial charge >= 0.3 is 0 Å². The predicted octanol–water partition coefficient (Wildman–Crippen LogP) is 2.84. The molecule has 0 unspecified atom stereocenters. The molecule has 3 aromatic rings. The van der Waals surface area contributed by atoms with Gasteiger partial charge in [0.05, 0.1) is 6.04 Å². The lowest BCUT2D eigenvalue weighted by Crippen LogP contribution is -2.13. The second-order valence-electron chi connectivity index (χ2n) is 5.22. The smallest absolute Gasteiger partial charge is 0.256 e. The van der Waals surface area contributed by atoms with Gasteiger partial charge in [-0.15, -0.1) is 0 Å². The molecule has 116 valence electrons. The molecule has 23 heavy (non-hydrogen) atoms. The minimum Gasteiger partial charge on any atom is -0.328 e. The Morgan fingerprint density at radius 1 is 1.13 bits per heavy atom. The second kappa shape index (κ2) is 6.39. The molecule has 0 aliphatic heterocycles. The number of aromatic nitrogens is 4. The first-order valence-corrected chi connectivity index (χ1v) is 7.32. The first-order valence-electron chi connectivity index (χ1n) is 7.32. The zero-order valence-electron chi connectivity index (χ0n) is 13.0. The van der Waals surface area contributed by atoms with Crippen molar-refractivity contribution < 1.29 is 4.79 Å². The fourth-order valence-corrected chi connectivity index (χ4v) is 2.38. The zero-order valence-corrected chi connectivity index (χ0v) is 13.0. The molecule has 0 spiro atoms. The van der Waals surface area contributed by atoms with Crippen molar-refractivity contribution in [2.45, 2.75) is 19.9 Å². The van der Waals surface area contributed by atoms with Crippen LogP contribution in [-0.4, -0.2) is 25.4 Å². The van der Waals surface area contributed by atoms with E-state index in [1.807, 2.05) is 19.2 Å². The van der Waals surface area contributed by atoms with E-state index in [-0.39, 0.29) is 11.9 Å². The lowest BCUT2D eigenvalue weighted by Gasteiger charge is -2.15. The Bertz CT molecular complexity index is 795. The molecule has 3 heterocycles. The lowest BCUT2D eigenvalue weighted by atomic mass is 10.1. The van der Waals surface area contributed by atoms with Crippen LogP contribution >= 0.6 is 0 Å². The van der Waals surface area contributed by atoms with E-state index in [0.29, 0.717) is 11.4 Å². The molecule has 1 N–H and O–H groups in total. The highest BCUT2D eigenvalue weighted by Crippen LogP contribution is 2.19. The number of carbonyl (C=O) groups is 1. The molecule has 0 saturated carbocycles. The van der Waals surface area contributed by atoms with Crippen molar-refractivity contribution in [1.82, 2.24) is 19.5 Å². The molecular weight excluding hydrogens is 290 g/mol. The standard InChI is InChI=1S/C17H17N5O/c1-12(22-10-9-19-13(22)2)15-3-4-16(20-11-15)21-17(23)14-5-7-18-8-6-14/h3-12H,1-2H3,(H,20,21,23)/t12-/m1/s1. The van der Waals surface area contributed by atoms with Crippen LogP contribution < -0.4 is 5.32 Å². The van der Waals surface area contributed by atoms with Crippen LogP contribution in [0, 0.1) is 6.92 Å². The van der Waals surface area contributed by atoms with Gasteiger partial charge in [-0.3, -0.25) is 9.78 Å². The first-order chi connectivity index (χ1) is 11.1. The molecule has 0 fully saturated rings. The van der Waals surface area contributed by atoms with Crippen LogP contribution in [0.4, 0.5) is 5.82 Å².